The van der Waals surface area contributed by atoms with E-state index in [0.29, 0.717) is 19.4 Å². The van der Waals surface area contributed by atoms with E-state index in [-0.39, 0.29) is 5.56 Å². The molecule has 0 aliphatic carbocycles. The average molecular weight is 241 g/mol. The van der Waals surface area contributed by atoms with E-state index in [4.69, 9.17) is 5.26 Å². The lowest BCUT2D eigenvalue weighted by atomic mass is 10.3. The first-order chi connectivity index (χ1) is 6.25. The van der Waals surface area contributed by atoms with Gasteiger partial charge >= 0.3 is 0 Å². The number of nitrogens with zero attached hydrogens (tertiary/aromatic N) is 2. The molecule has 0 aromatic carbocycles. The Kier molecular flexibility index (Phi) is 3.71. The largest absolute Gasteiger partial charge is 0.303 e. The summed E-state index contributed by atoms with van der Waals surface area (Å²) in [6, 6.07) is 7.07. The zero-order valence-corrected chi connectivity index (χ0v) is 8.62. The van der Waals surface area contributed by atoms with Crippen molar-refractivity contribution >= 4 is 15.9 Å². The molecular formula is C9H9BrN2O. The number of hydrogen-bond donors (Lipinski definition) is 0. The van der Waals surface area contributed by atoms with Crippen molar-refractivity contribution in [2.75, 3.05) is 0 Å². The van der Waals surface area contributed by atoms with Crippen LogP contribution in [0.25, 0.3) is 0 Å². The van der Waals surface area contributed by atoms with Crippen molar-refractivity contribution in [3.63, 3.8) is 0 Å². The Balaban J connectivity index is 2.77. The van der Waals surface area contributed by atoms with Crippen LogP contribution in [0.1, 0.15) is 12.8 Å². The van der Waals surface area contributed by atoms with E-state index in [2.05, 4.69) is 15.9 Å². The molecule has 0 aliphatic heterocycles. The Labute approximate surface area is 84.7 Å². The normalized spacial score (nSPS) is 9.54. The predicted octanol–water partition coefficient (Wildman–Crippen LogP) is 1.91. The molecule has 0 N–H and O–H groups in total. The first-order valence-corrected chi connectivity index (χ1v) is 4.77. The van der Waals surface area contributed by atoms with Gasteiger partial charge in [0.2, 0.25) is 0 Å². The lowest BCUT2D eigenvalue weighted by molar-refractivity contribution is 0.620. The molecule has 68 valence electrons. The van der Waals surface area contributed by atoms with Crippen LogP contribution in [0, 0.1) is 11.3 Å². The van der Waals surface area contributed by atoms with Crippen LogP contribution in [0.5, 0.6) is 0 Å². The quantitative estimate of drug-likeness (QED) is 0.599. The fourth-order valence-electron chi connectivity index (χ4n) is 1.03. The Morgan fingerprint density at radius 2 is 2.31 bits per heavy atom. The van der Waals surface area contributed by atoms with Crippen molar-refractivity contribution in [3.8, 4) is 6.07 Å². The molecule has 1 aromatic heterocycles. The minimum Gasteiger partial charge on any atom is -0.303 e. The maximum absolute atomic E-state index is 11.3. The van der Waals surface area contributed by atoms with Crippen LogP contribution in [-0.2, 0) is 6.54 Å². The van der Waals surface area contributed by atoms with Crippen molar-refractivity contribution < 1.29 is 0 Å². The SMILES string of the molecule is N#CCCCn1c(Br)cccc1=O. The van der Waals surface area contributed by atoms with Gasteiger partial charge in [-0.3, -0.25) is 4.79 Å². The van der Waals surface area contributed by atoms with Crippen LogP contribution in [0.2, 0.25) is 0 Å². The Morgan fingerprint density at radius 1 is 1.54 bits per heavy atom. The molecule has 0 amide bonds. The van der Waals surface area contributed by atoms with Gasteiger partial charge in [-0.15, -0.1) is 0 Å². The van der Waals surface area contributed by atoms with Gasteiger partial charge < -0.3 is 4.57 Å². The molecule has 13 heavy (non-hydrogen) atoms. The van der Waals surface area contributed by atoms with Gasteiger partial charge in [-0.1, -0.05) is 6.07 Å². The van der Waals surface area contributed by atoms with E-state index in [1.165, 1.54) is 6.07 Å². The van der Waals surface area contributed by atoms with Crippen molar-refractivity contribution in [3.05, 3.63) is 33.2 Å². The molecule has 1 rings (SSSR count). The standard InChI is InChI=1S/C9H9BrN2O/c10-8-4-3-5-9(13)12(8)7-2-1-6-11/h3-5H,1-2,7H2. The summed E-state index contributed by atoms with van der Waals surface area (Å²) in [5.74, 6) is 0. The van der Waals surface area contributed by atoms with Gasteiger partial charge in [0.1, 0.15) is 0 Å². The second-order valence-corrected chi connectivity index (χ2v) is 3.41. The second kappa shape index (κ2) is 4.83. The van der Waals surface area contributed by atoms with Gasteiger partial charge in [0.25, 0.3) is 5.56 Å². The minimum absolute atomic E-state index is 0.0349. The average Bonchev–Trinajstić information content (AvgIpc) is 2.10. The summed E-state index contributed by atoms with van der Waals surface area (Å²) in [5, 5.41) is 8.33. The fourth-order valence-corrected chi connectivity index (χ4v) is 1.53. The monoisotopic (exact) mass is 240 g/mol. The van der Waals surface area contributed by atoms with Gasteiger partial charge in [-0.05, 0) is 28.4 Å². The number of unbranched alkanes of at least 4 members (excludes halogenated alkanes) is 1. The van der Waals surface area contributed by atoms with E-state index in [0.717, 1.165) is 4.60 Å². The van der Waals surface area contributed by atoms with Crippen LogP contribution in [0.3, 0.4) is 0 Å². The molecule has 3 nitrogen and oxygen atoms in total. The summed E-state index contributed by atoms with van der Waals surface area (Å²) < 4.78 is 2.37. The van der Waals surface area contributed by atoms with Gasteiger partial charge in [0.05, 0.1) is 10.7 Å². The molecule has 0 atom stereocenters. The molecule has 4 heteroatoms. The van der Waals surface area contributed by atoms with E-state index < -0.39 is 0 Å². The van der Waals surface area contributed by atoms with Crippen molar-refractivity contribution in [2.45, 2.75) is 19.4 Å². The fraction of sp³-hybridized carbons (Fsp3) is 0.333. The zero-order valence-electron chi connectivity index (χ0n) is 7.03. The molecule has 0 spiro atoms. The molecule has 0 unspecified atom stereocenters. The number of nitriles is 1. The summed E-state index contributed by atoms with van der Waals surface area (Å²) >= 11 is 3.28. The van der Waals surface area contributed by atoms with E-state index in [1.807, 2.05) is 12.1 Å². The first-order valence-electron chi connectivity index (χ1n) is 3.98. The van der Waals surface area contributed by atoms with Crippen LogP contribution in [0.4, 0.5) is 0 Å². The molecule has 1 aromatic rings. The van der Waals surface area contributed by atoms with E-state index in [1.54, 1.807) is 10.6 Å². The Morgan fingerprint density at radius 3 is 2.92 bits per heavy atom. The maximum Gasteiger partial charge on any atom is 0.251 e. The van der Waals surface area contributed by atoms with Crippen molar-refractivity contribution in [1.82, 2.24) is 4.57 Å². The Hall–Kier alpha value is -1.08. The summed E-state index contributed by atoms with van der Waals surface area (Å²) in [7, 11) is 0. The minimum atomic E-state index is -0.0349. The lowest BCUT2D eigenvalue weighted by Crippen LogP contribution is -2.19. The molecule has 0 saturated heterocycles. The van der Waals surface area contributed by atoms with Crippen LogP contribution >= 0.6 is 15.9 Å². The highest BCUT2D eigenvalue weighted by atomic mass is 79.9. The van der Waals surface area contributed by atoms with Crippen LogP contribution in [0.15, 0.2) is 27.6 Å². The summed E-state index contributed by atoms with van der Waals surface area (Å²) in [6.45, 7) is 0.591. The maximum atomic E-state index is 11.3. The highest BCUT2D eigenvalue weighted by Gasteiger charge is 1.98. The predicted molar refractivity (Wildman–Crippen MR) is 53.2 cm³/mol. The number of aromatic nitrogens is 1. The highest BCUT2D eigenvalue weighted by Crippen LogP contribution is 2.06. The zero-order chi connectivity index (χ0) is 9.68. The molecule has 0 radical (unpaired) electrons. The Bertz CT molecular complexity index is 378. The highest BCUT2D eigenvalue weighted by molar-refractivity contribution is 9.10. The molecule has 0 aliphatic rings. The number of rotatable bonds is 3. The first kappa shape index (κ1) is 10.0. The third-order valence-electron chi connectivity index (χ3n) is 1.67. The molecular weight excluding hydrogens is 232 g/mol. The van der Waals surface area contributed by atoms with Gasteiger partial charge in [0.15, 0.2) is 0 Å². The summed E-state index contributed by atoms with van der Waals surface area (Å²) in [5.41, 5.74) is -0.0349. The van der Waals surface area contributed by atoms with E-state index in [9.17, 15) is 4.79 Å². The summed E-state index contributed by atoms with van der Waals surface area (Å²) in [6.07, 6.45) is 1.19. The lowest BCUT2D eigenvalue weighted by Gasteiger charge is -2.05. The van der Waals surface area contributed by atoms with Crippen LogP contribution < -0.4 is 5.56 Å². The third-order valence-corrected chi connectivity index (χ3v) is 2.36. The van der Waals surface area contributed by atoms with Crippen molar-refractivity contribution in [2.24, 2.45) is 0 Å². The second-order valence-electron chi connectivity index (χ2n) is 2.60. The summed E-state index contributed by atoms with van der Waals surface area (Å²) in [4.78, 5) is 11.3. The van der Waals surface area contributed by atoms with Gasteiger partial charge in [0, 0.05) is 19.0 Å². The van der Waals surface area contributed by atoms with E-state index >= 15 is 0 Å². The third kappa shape index (κ3) is 2.71. The molecule has 0 bridgehead atoms. The number of hydrogen-bond acceptors (Lipinski definition) is 2. The number of halogens is 1. The number of pyridine rings is 1. The van der Waals surface area contributed by atoms with Crippen molar-refractivity contribution in [1.29, 1.82) is 5.26 Å². The molecule has 0 saturated carbocycles. The molecule has 1 heterocycles. The smallest absolute Gasteiger partial charge is 0.251 e. The topological polar surface area (TPSA) is 45.8 Å². The van der Waals surface area contributed by atoms with Gasteiger partial charge in [-0.25, -0.2) is 0 Å². The molecule has 0 fully saturated rings. The van der Waals surface area contributed by atoms with Crippen LogP contribution in [-0.4, -0.2) is 4.57 Å². The van der Waals surface area contributed by atoms with Gasteiger partial charge in [-0.2, -0.15) is 5.26 Å².